The predicted octanol–water partition coefficient (Wildman–Crippen LogP) is 2.43. The molecule has 18 heavy (non-hydrogen) atoms. The molecule has 2 aromatic rings. The molecule has 0 amide bonds. The zero-order valence-corrected chi connectivity index (χ0v) is 11.3. The first-order valence-electron chi connectivity index (χ1n) is 5.34. The van der Waals surface area contributed by atoms with Gasteiger partial charge < -0.3 is 0 Å². The van der Waals surface area contributed by atoms with Crippen LogP contribution in [-0.4, -0.2) is 8.42 Å². The number of benzene rings is 2. The molecular formula is C13H13NO2S2. The highest BCUT2D eigenvalue weighted by Crippen LogP contribution is 2.21. The van der Waals surface area contributed by atoms with Gasteiger partial charge in [0, 0.05) is 5.75 Å². The van der Waals surface area contributed by atoms with Crippen LogP contribution >= 0.6 is 12.6 Å². The van der Waals surface area contributed by atoms with Crippen molar-refractivity contribution < 1.29 is 8.42 Å². The fourth-order valence-corrected chi connectivity index (χ4v) is 2.37. The second kappa shape index (κ2) is 5.14. The van der Waals surface area contributed by atoms with Crippen molar-refractivity contribution in [2.75, 3.05) is 0 Å². The first kappa shape index (κ1) is 13.1. The molecule has 5 heteroatoms. The van der Waals surface area contributed by atoms with Crippen molar-refractivity contribution in [1.29, 1.82) is 0 Å². The molecule has 0 aliphatic carbocycles. The zero-order chi connectivity index (χ0) is 13.2. The Balaban J connectivity index is 2.34. The van der Waals surface area contributed by atoms with Crippen molar-refractivity contribution in [3.63, 3.8) is 0 Å². The van der Waals surface area contributed by atoms with Gasteiger partial charge in [0.05, 0.1) is 4.90 Å². The SMILES string of the molecule is NS(=O)(=O)c1ccc(-c2ccc(CS)cc2)cc1. The van der Waals surface area contributed by atoms with Gasteiger partial charge in [-0.05, 0) is 28.8 Å². The highest BCUT2D eigenvalue weighted by Gasteiger charge is 2.07. The van der Waals surface area contributed by atoms with E-state index in [-0.39, 0.29) is 4.90 Å². The average Bonchev–Trinajstić information content (AvgIpc) is 2.38. The molecule has 0 spiro atoms. The summed E-state index contributed by atoms with van der Waals surface area (Å²) >= 11 is 4.20. The van der Waals surface area contributed by atoms with E-state index in [9.17, 15) is 8.42 Å². The largest absolute Gasteiger partial charge is 0.238 e. The summed E-state index contributed by atoms with van der Waals surface area (Å²) in [5.74, 6) is 0.699. The number of primary sulfonamides is 1. The maximum absolute atomic E-state index is 11.1. The molecule has 0 saturated carbocycles. The number of rotatable bonds is 3. The van der Waals surface area contributed by atoms with Gasteiger partial charge in [-0.2, -0.15) is 12.6 Å². The molecule has 0 saturated heterocycles. The summed E-state index contributed by atoms with van der Waals surface area (Å²) in [5, 5.41) is 5.05. The molecule has 2 aromatic carbocycles. The minimum atomic E-state index is -3.62. The minimum Gasteiger partial charge on any atom is -0.225 e. The van der Waals surface area contributed by atoms with E-state index in [0.29, 0.717) is 5.75 Å². The van der Waals surface area contributed by atoms with Gasteiger partial charge in [-0.3, -0.25) is 0 Å². The summed E-state index contributed by atoms with van der Waals surface area (Å²) in [4.78, 5) is 0.123. The molecule has 94 valence electrons. The Morgan fingerprint density at radius 2 is 1.33 bits per heavy atom. The van der Waals surface area contributed by atoms with Crippen LogP contribution in [0.15, 0.2) is 53.4 Å². The Morgan fingerprint density at radius 3 is 1.72 bits per heavy atom. The summed E-state index contributed by atoms with van der Waals surface area (Å²) < 4.78 is 22.3. The lowest BCUT2D eigenvalue weighted by Crippen LogP contribution is -2.11. The highest BCUT2D eigenvalue weighted by molar-refractivity contribution is 7.89. The number of hydrogen-bond donors (Lipinski definition) is 2. The lowest BCUT2D eigenvalue weighted by molar-refractivity contribution is 0.598. The summed E-state index contributed by atoms with van der Waals surface area (Å²) in [6.45, 7) is 0. The monoisotopic (exact) mass is 279 g/mol. The first-order valence-corrected chi connectivity index (χ1v) is 7.51. The van der Waals surface area contributed by atoms with Gasteiger partial charge in [0.1, 0.15) is 0 Å². The molecule has 0 heterocycles. The molecule has 0 fully saturated rings. The molecule has 2 N–H and O–H groups in total. The maximum Gasteiger partial charge on any atom is 0.238 e. The van der Waals surface area contributed by atoms with Crippen LogP contribution in [0.2, 0.25) is 0 Å². The minimum absolute atomic E-state index is 0.123. The fourth-order valence-electron chi connectivity index (χ4n) is 1.64. The van der Waals surface area contributed by atoms with Crippen molar-refractivity contribution >= 4 is 22.7 Å². The van der Waals surface area contributed by atoms with E-state index in [4.69, 9.17) is 5.14 Å². The topological polar surface area (TPSA) is 60.2 Å². The summed E-state index contributed by atoms with van der Waals surface area (Å²) in [7, 11) is -3.62. The molecule has 0 aliphatic rings. The van der Waals surface area contributed by atoms with E-state index in [1.165, 1.54) is 12.1 Å². The van der Waals surface area contributed by atoms with Gasteiger partial charge in [-0.15, -0.1) is 0 Å². The molecule has 0 radical (unpaired) electrons. The fraction of sp³-hybridized carbons (Fsp3) is 0.0769. The molecular weight excluding hydrogens is 266 g/mol. The van der Waals surface area contributed by atoms with Gasteiger partial charge in [0.2, 0.25) is 10.0 Å². The van der Waals surface area contributed by atoms with E-state index >= 15 is 0 Å². The Kier molecular flexibility index (Phi) is 3.75. The summed E-state index contributed by atoms with van der Waals surface area (Å²) in [6, 6.07) is 14.5. The average molecular weight is 279 g/mol. The molecule has 0 bridgehead atoms. The first-order chi connectivity index (χ1) is 8.50. The van der Waals surface area contributed by atoms with E-state index in [1.54, 1.807) is 12.1 Å². The van der Waals surface area contributed by atoms with E-state index in [0.717, 1.165) is 16.7 Å². The van der Waals surface area contributed by atoms with Gasteiger partial charge in [0.25, 0.3) is 0 Å². The highest BCUT2D eigenvalue weighted by atomic mass is 32.2. The molecule has 0 unspecified atom stereocenters. The van der Waals surface area contributed by atoms with Crippen molar-refractivity contribution in [3.05, 3.63) is 54.1 Å². The lowest BCUT2D eigenvalue weighted by atomic mass is 10.0. The standard InChI is InChI=1S/C13H13NO2S2/c14-18(15,16)13-7-5-12(6-8-13)11-3-1-10(9-17)2-4-11/h1-8,17H,9H2,(H2,14,15,16). The number of thiol groups is 1. The third-order valence-corrected chi connectivity index (χ3v) is 3.95. The third kappa shape index (κ3) is 2.93. The molecule has 0 atom stereocenters. The Bertz CT molecular complexity index is 632. The molecule has 0 aliphatic heterocycles. The second-order valence-corrected chi connectivity index (χ2v) is 5.80. The smallest absolute Gasteiger partial charge is 0.225 e. The van der Waals surface area contributed by atoms with E-state index < -0.39 is 10.0 Å². The number of nitrogens with two attached hydrogens (primary N) is 1. The molecule has 3 nitrogen and oxygen atoms in total. The van der Waals surface area contributed by atoms with Crippen molar-refractivity contribution in [2.24, 2.45) is 5.14 Å². The Labute approximate surface area is 112 Å². The van der Waals surface area contributed by atoms with Crippen LogP contribution in [0, 0.1) is 0 Å². The van der Waals surface area contributed by atoms with Crippen molar-refractivity contribution in [2.45, 2.75) is 10.6 Å². The van der Waals surface area contributed by atoms with Crippen LogP contribution < -0.4 is 5.14 Å². The Morgan fingerprint density at radius 1 is 0.889 bits per heavy atom. The maximum atomic E-state index is 11.1. The summed E-state index contributed by atoms with van der Waals surface area (Å²) in [5.41, 5.74) is 3.12. The number of sulfonamides is 1. The van der Waals surface area contributed by atoms with Crippen LogP contribution in [-0.2, 0) is 15.8 Å². The van der Waals surface area contributed by atoms with Crippen LogP contribution in [0.4, 0.5) is 0 Å². The quantitative estimate of drug-likeness (QED) is 0.848. The number of hydrogen-bond acceptors (Lipinski definition) is 3. The zero-order valence-electron chi connectivity index (χ0n) is 9.58. The van der Waals surface area contributed by atoms with E-state index in [2.05, 4.69) is 12.6 Å². The third-order valence-electron chi connectivity index (χ3n) is 2.65. The Hall–Kier alpha value is -1.30. The van der Waals surface area contributed by atoms with Crippen LogP contribution in [0.3, 0.4) is 0 Å². The van der Waals surface area contributed by atoms with Gasteiger partial charge in [-0.1, -0.05) is 36.4 Å². The lowest BCUT2D eigenvalue weighted by Gasteiger charge is -2.04. The van der Waals surface area contributed by atoms with Crippen molar-refractivity contribution in [1.82, 2.24) is 0 Å². The van der Waals surface area contributed by atoms with Crippen molar-refractivity contribution in [3.8, 4) is 11.1 Å². The van der Waals surface area contributed by atoms with Crippen LogP contribution in [0.25, 0.3) is 11.1 Å². The predicted molar refractivity (Wildman–Crippen MR) is 75.9 cm³/mol. The van der Waals surface area contributed by atoms with Crippen LogP contribution in [0.5, 0.6) is 0 Å². The molecule has 2 rings (SSSR count). The van der Waals surface area contributed by atoms with Crippen LogP contribution in [0.1, 0.15) is 5.56 Å². The second-order valence-electron chi connectivity index (χ2n) is 3.92. The summed E-state index contributed by atoms with van der Waals surface area (Å²) in [6.07, 6.45) is 0. The normalized spacial score (nSPS) is 11.4. The van der Waals surface area contributed by atoms with Gasteiger partial charge in [-0.25, -0.2) is 13.6 Å². The van der Waals surface area contributed by atoms with Gasteiger partial charge in [0.15, 0.2) is 0 Å². The van der Waals surface area contributed by atoms with Gasteiger partial charge >= 0.3 is 0 Å². The molecule has 0 aromatic heterocycles. The van der Waals surface area contributed by atoms with E-state index in [1.807, 2.05) is 24.3 Å².